The fourth-order valence-electron chi connectivity index (χ4n) is 1.58. The average molecular weight is 278 g/mol. The Balaban J connectivity index is 2.48. The molecule has 0 unspecified atom stereocenters. The number of benzene rings is 1. The molecule has 100 valence electrons. The number of anilines is 1. The number of nitrogens with two attached hydrogens (primary N) is 1. The number of ether oxygens (including phenoxy) is 1. The van der Waals surface area contributed by atoms with Crippen molar-refractivity contribution in [1.82, 2.24) is 4.98 Å². The van der Waals surface area contributed by atoms with E-state index in [0.29, 0.717) is 11.4 Å². The molecule has 1 aromatic carbocycles. The summed E-state index contributed by atoms with van der Waals surface area (Å²) in [4.78, 5) is 4.02. The summed E-state index contributed by atoms with van der Waals surface area (Å²) in [6.07, 6.45) is 2.59. The molecule has 0 aliphatic heterocycles. The Labute approximate surface area is 112 Å². The van der Waals surface area contributed by atoms with Gasteiger partial charge in [-0.25, -0.2) is 13.4 Å². The van der Waals surface area contributed by atoms with E-state index >= 15 is 0 Å². The van der Waals surface area contributed by atoms with E-state index in [1.54, 1.807) is 31.2 Å². The van der Waals surface area contributed by atoms with Gasteiger partial charge in [-0.1, -0.05) is 6.07 Å². The van der Waals surface area contributed by atoms with E-state index in [1.165, 1.54) is 12.3 Å². The monoisotopic (exact) mass is 278 g/mol. The quantitative estimate of drug-likeness (QED) is 0.870. The summed E-state index contributed by atoms with van der Waals surface area (Å²) in [6, 6.07) is 8.21. The molecule has 0 radical (unpaired) electrons. The van der Waals surface area contributed by atoms with Gasteiger partial charge in [-0.3, -0.25) is 0 Å². The molecule has 2 aromatic rings. The van der Waals surface area contributed by atoms with Crippen LogP contribution >= 0.6 is 0 Å². The van der Waals surface area contributed by atoms with Crippen LogP contribution in [0.1, 0.15) is 5.56 Å². The van der Waals surface area contributed by atoms with Gasteiger partial charge in [0.2, 0.25) is 5.88 Å². The Morgan fingerprint density at radius 2 is 1.95 bits per heavy atom. The summed E-state index contributed by atoms with van der Waals surface area (Å²) in [7, 11) is -3.40. The summed E-state index contributed by atoms with van der Waals surface area (Å²) in [5, 5.41) is 0. The Hall–Kier alpha value is -2.08. The number of pyridine rings is 1. The molecule has 0 saturated heterocycles. The van der Waals surface area contributed by atoms with Gasteiger partial charge in [0.15, 0.2) is 9.84 Å². The molecule has 1 heterocycles. The van der Waals surface area contributed by atoms with Gasteiger partial charge < -0.3 is 10.5 Å². The van der Waals surface area contributed by atoms with Crippen molar-refractivity contribution in [3.05, 3.63) is 42.1 Å². The third kappa shape index (κ3) is 2.85. The van der Waals surface area contributed by atoms with Crippen LogP contribution in [0.5, 0.6) is 11.6 Å². The van der Waals surface area contributed by atoms with Crippen LogP contribution in [-0.2, 0) is 9.84 Å². The summed E-state index contributed by atoms with van der Waals surface area (Å²) in [5.74, 6) is 0.544. The van der Waals surface area contributed by atoms with Gasteiger partial charge in [0.25, 0.3) is 0 Å². The molecule has 1 aromatic heterocycles. The molecule has 2 rings (SSSR count). The van der Waals surface area contributed by atoms with Crippen molar-refractivity contribution >= 4 is 15.5 Å². The Bertz CT molecular complexity index is 712. The SMILES string of the molecule is Cc1c(N)cccc1Oc1ncccc1S(C)(=O)=O. The molecule has 0 aliphatic carbocycles. The smallest absolute Gasteiger partial charge is 0.238 e. The van der Waals surface area contributed by atoms with Crippen molar-refractivity contribution in [2.75, 3.05) is 12.0 Å². The van der Waals surface area contributed by atoms with E-state index in [1.807, 2.05) is 0 Å². The average Bonchev–Trinajstić information content (AvgIpc) is 2.34. The van der Waals surface area contributed by atoms with Crippen LogP contribution in [0.2, 0.25) is 0 Å². The van der Waals surface area contributed by atoms with Crippen molar-refractivity contribution in [2.45, 2.75) is 11.8 Å². The summed E-state index contributed by atoms with van der Waals surface area (Å²) < 4.78 is 28.9. The normalized spacial score (nSPS) is 11.3. The molecular formula is C13H14N2O3S. The minimum Gasteiger partial charge on any atom is -0.437 e. The van der Waals surface area contributed by atoms with E-state index in [-0.39, 0.29) is 10.8 Å². The van der Waals surface area contributed by atoms with E-state index < -0.39 is 9.84 Å². The molecule has 19 heavy (non-hydrogen) atoms. The number of hydrogen-bond acceptors (Lipinski definition) is 5. The first-order chi connectivity index (χ1) is 8.89. The van der Waals surface area contributed by atoms with Crippen LogP contribution in [0.25, 0.3) is 0 Å². The second kappa shape index (κ2) is 4.89. The number of rotatable bonds is 3. The van der Waals surface area contributed by atoms with Gasteiger partial charge in [0, 0.05) is 23.7 Å². The van der Waals surface area contributed by atoms with Crippen LogP contribution in [0.4, 0.5) is 5.69 Å². The largest absolute Gasteiger partial charge is 0.437 e. The predicted molar refractivity (Wildman–Crippen MR) is 73.0 cm³/mol. The van der Waals surface area contributed by atoms with Crippen LogP contribution in [0, 0.1) is 6.92 Å². The molecular weight excluding hydrogens is 264 g/mol. The van der Waals surface area contributed by atoms with E-state index in [9.17, 15) is 8.42 Å². The summed E-state index contributed by atoms with van der Waals surface area (Å²) in [6.45, 7) is 1.80. The maximum Gasteiger partial charge on any atom is 0.238 e. The maximum atomic E-state index is 11.7. The predicted octanol–water partition coefficient (Wildman–Crippen LogP) is 2.17. The van der Waals surface area contributed by atoms with E-state index in [4.69, 9.17) is 10.5 Å². The van der Waals surface area contributed by atoms with Gasteiger partial charge in [0.1, 0.15) is 10.6 Å². The molecule has 5 nitrogen and oxygen atoms in total. The fraction of sp³-hybridized carbons (Fsp3) is 0.154. The first-order valence-corrected chi connectivity index (χ1v) is 7.47. The molecule has 0 fully saturated rings. The van der Waals surface area contributed by atoms with Crippen molar-refractivity contribution in [3.8, 4) is 11.6 Å². The first kappa shape index (κ1) is 13.4. The standard InChI is InChI=1S/C13H14N2O3S/c1-9-10(14)5-3-6-11(9)18-13-12(19(2,16)17)7-4-8-15-13/h3-8H,14H2,1-2H3. The number of hydrogen-bond donors (Lipinski definition) is 1. The van der Waals surface area contributed by atoms with Gasteiger partial charge in [-0.05, 0) is 31.2 Å². The van der Waals surface area contributed by atoms with Crippen LogP contribution in [0.15, 0.2) is 41.4 Å². The van der Waals surface area contributed by atoms with Gasteiger partial charge >= 0.3 is 0 Å². The van der Waals surface area contributed by atoms with Crippen molar-refractivity contribution in [3.63, 3.8) is 0 Å². The minimum absolute atomic E-state index is 0.0526. The highest BCUT2D eigenvalue weighted by atomic mass is 32.2. The third-order valence-corrected chi connectivity index (χ3v) is 3.78. The van der Waals surface area contributed by atoms with Crippen molar-refractivity contribution < 1.29 is 13.2 Å². The number of nitrogens with zero attached hydrogens (tertiary/aromatic N) is 1. The number of aromatic nitrogens is 1. The molecule has 0 bridgehead atoms. The van der Waals surface area contributed by atoms with Crippen molar-refractivity contribution in [2.24, 2.45) is 0 Å². The topological polar surface area (TPSA) is 82.3 Å². The molecule has 2 N–H and O–H groups in total. The zero-order chi connectivity index (χ0) is 14.0. The highest BCUT2D eigenvalue weighted by Crippen LogP contribution is 2.30. The Kier molecular flexibility index (Phi) is 3.44. The zero-order valence-electron chi connectivity index (χ0n) is 10.6. The Morgan fingerprint density at radius 3 is 2.63 bits per heavy atom. The van der Waals surface area contributed by atoms with Gasteiger partial charge in [-0.15, -0.1) is 0 Å². The highest BCUT2D eigenvalue weighted by Gasteiger charge is 2.16. The summed E-state index contributed by atoms with van der Waals surface area (Å²) in [5.41, 5.74) is 7.10. The first-order valence-electron chi connectivity index (χ1n) is 5.57. The number of sulfone groups is 1. The van der Waals surface area contributed by atoms with Gasteiger partial charge in [0.05, 0.1) is 0 Å². The molecule has 0 spiro atoms. The second-order valence-electron chi connectivity index (χ2n) is 4.15. The highest BCUT2D eigenvalue weighted by molar-refractivity contribution is 7.90. The minimum atomic E-state index is -3.40. The number of nitrogen functional groups attached to an aromatic ring is 1. The lowest BCUT2D eigenvalue weighted by atomic mass is 10.2. The van der Waals surface area contributed by atoms with E-state index in [0.717, 1.165) is 11.8 Å². The maximum absolute atomic E-state index is 11.7. The molecule has 0 aliphatic rings. The van der Waals surface area contributed by atoms with Crippen molar-refractivity contribution in [1.29, 1.82) is 0 Å². The lowest BCUT2D eigenvalue weighted by molar-refractivity contribution is 0.444. The molecule has 0 saturated carbocycles. The Morgan fingerprint density at radius 1 is 1.21 bits per heavy atom. The third-order valence-electron chi connectivity index (χ3n) is 2.67. The summed E-state index contributed by atoms with van der Waals surface area (Å²) >= 11 is 0. The molecule has 0 amide bonds. The van der Waals surface area contributed by atoms with Crippen LogP contribution in [0.3, 0.4) is 0 Å². The zero-order valence-corrected chi connectivity index (χ0v) is 11.4. The van der Waals surface area contributed by atoms with E-state index in [2.05, 4.69) is 4.98 Å². The second-order valence-corrected chi connectivity index (χ2v) is 6.14. The molecule has 0 atom stereocenters. The lowest BCUT2D eigenvalue weighted by Crippen LogP contribution is -2.02. The van der Waals surface area contributed by atoms with Gasteiger partial charge in [-0.2, -0.15) is 0 Å². The molecule has 6 heteroatoms. The van der Waals surface area contributed by atoms with Crippen LogP contribution < -0.4 is 10.5 Å². The van der Waals surface area contributed by atoms with Crippen LogP contribution in [-0.4, -0.2) is 19.7 Å². The lowest BCUT2D eigenvalue weighted by Gasteiger charge is -2.11. The fourth-order valence-corrected chi connectivity index (χ4v) is 2.32.